The summed E-state index contributed by atoms with van der Waals surface area (Å²) < 4.78 is 7.63. The summed E-state index contributed by atoms with van der Waals surface area (Å²) in [5.41, 5.74) is 0.0433. The second kappa shape index (κ2) is 10.5. The highest BCUT2D eigenvalue weighted by Crippen LogP contribution is 2.23. The first-order chi connectivity index (χ1) is 13.4. The molecule has 0 atom stereocenters. The number of carboxylic acid groups (broad SMARTS) is 1. The van der Waals surface area contributed by atoms with Gasteiger partial charge in [0, 0.05) is 31.0 Å². The van der Waals surface area contributed by atoms with E-state index in [1.165, 1.54) is 0 Å². The third-order valence-electron chi connectivity index (χ3n) is 4.56. The molecule has 1 heterocycles. The third kappa shape index (κ3) is 7.42. The Morgan fingerprint density at radius 2 is 1.93 bits per heavy atom. The van der Waals surface area contributed by atoms with Crippen LogP contribution in [0.25, 0.3) is 0 Å². The van der Waals surface area contributed by atoms with Gasteiger partial charge in [0.25, 0.3) is 0 Å². The highest BCUT2D eigenvalue weighted by molar-refractivity contribution is 5.90. The fourth-order valence-electron chi connectivity index (χ4n) is 2.67. The first-order valence-corrected chi connectivity index (χ1v) is 9.59. The van der Waals surface area contributed by atoms with Gasteiger partial charge in [-0.2, -0.15) is 0 Å². The van der Waals surface area contributed by atoms with Gasteiger partial charge >= 0.3 is 5.97 Å². The number of aromatic nitrogens is 2. The van der Waals surface area contributed by atoms with Gasteiger partial charge < -0.3 is 19.7 Å². The standard InChI is InChI=1S/C21H29N3O4/c1-21(2,20(26)27)11-3-4-15-28-18-9-7-17(8-10-18)23-19(25)6-5-13-24-14-12-22-16-24/h7-10,12,14,16H,3-6,11,13,15H2,1-2H3,(H,23,25)(H,26,27). The minimum Gasteiger partial charge on any atom is -0.494 e. The summed E-state index contributed by atoms with van der Waals surface area (Å²) in [6.45, 7) is 4.78. The van der Waals surface area contributed by atoms with Crippen molar-refractivity contribution in [3.8, 4) is 5.75 Å². The van der Waals surface area contributed by atoms with Crippen LogP contribution < -0.4 is 10.1 Å². The van der Waals surface area contributed by atoms with Crippen molar-refractivity contribution >= 4 is 17.6 Å². The highest BCUT2D eigenvalue weighted by Gasteiger charge is 2.25. The molecule has 2 aromatic rings. The number of carbonyl (C=O) groups is 2. The molecule has 1 amide bonds. The van der Waals surface area contributed by atoms with Crippen molar-refractivity contribution in [3.05, 3.63) is 43.0 Å². The molecular formula is C21H29N3O4. The minimum atomic E-state index is -0.771. The van der Waals surface area contributed by atoms with Crippen LogP contribution in [0.1, 0.15) is 46.0 Å². The SMILES string of the molecule is CC(C)(CCCCOc1ccc(NC(=O)CCCn2ccnc2)cc1)C(=O)O. The van der Waals surface area contributed by atoms with E-state index in [9.17, 15) is 9.59 Å². The number of rotatable bonds is 12. The smallest absolute Gasteiger partial charge is 0.309 e. The minimum absolute atomic E-state index is 0.0187. The van der Waals surface area contributed by atoms with E-state index >= 15 is 0 Å². The molecule has 0 unspecified atom stereocenters. The Bertz CT molecular complexity index is 740. The van der Waals surface area contributed by atoms with Crippen LogP contribution in [0.3, 0.4) is 0 Å². The lowest BCUT2D eigenvalue weighted by Gasteiger charge is -2.18. The van der Waals surface area contributed by atoms with E-state index in [1.807, 2.05) is 35.0 Å². The molecule has 2 rings (SSSR count). The number of ether oxygens (including phenoxy) is 1. The number of nitrogens with zero attached hydrogens (tertiary/aromatic N) is 2. The second-order valence-corrected chi connectivity index (χ2v) is 7.47. The summed E-state index contributed by atoms with van der Waals surface area (Å²) in [7, 11) is 0. The average molecular weight is 387 g/mol. The summed E-state index contributed by atoms with van der Waals surface area (Å²) in [6, 6.07) is 7.28. The van der Waals surface area contributed by atoms with E-state index in [0.29, 0.717) is 19.4 Å². The lowest BCUT2D eigenvalue weighted by atomic mass is 9.87. The summed E-state index contributed by atoms with van der Waals surface area (Å²) in [4.78, 5) is 27.0. The fraction of sp³-hybridized carbons (Fsp3) is 0.476. The molecule has 0 aliphatic carbocycles. The molecule has 0 fully saturated rings. The van der Waals surface area contributed by atoms with E-state index in [2.05, 4.69) is 10.3 Å². The Morgan fingerprint density at radius 3 is 2.57 bits per heavy atom. The van der Waals surface area contributed by atoms with E-state index in [-0.39, 0.29) is 5.91 Å². The molecule has 0 bridgehead atoms. The van der Waals surface area contributed by atoms with Crippen LogP contribution in [0, 0.1) is 5.41 Å². The van der Waals surface area contributed by atoms with Crippen molar-refractivity contribution in [1.29, 1.82) is 0 Å². The van der Waals surface area contributed by atoms with Gasteiger partial charge in [-0.15, -0.1) is 0 Å². The molecule has 0 saturated carbocycles. The molecule has 152 valence electrons. The highest BCUT2D eigenvalue weighted by atomic mass is 16.5. The number of amides is 1. The summed E-state index contributed by atoms with van der Waals surface area (Å²) in [5, 5.41) is 12.0. The van der Waals surface area contributed by atoms with Crippen molar-refractivity contribution in [1.82, 2.24) is 9.55 Å². The number of hydrogen-bond acceptors (Lipinski definition) is 4. The predicted molar refractivity (Wildman–Crippen MR) is 107 cm³/mol. The monoisotopic (exact) mass is 387 g/mol. The Morgan fingerprint density at radius 1 is 1.18 bits per heavy atom. The Hall–Kier alpha value is -2.83. The Kier molecular flexibility index (Phi) is 8.04. The normalized spacial score (nSPS) is 11.2. The maximum atomic E-state index is 12.0. The molecule has 0 aliphatic heterocycles. The number of benzene rings is 1. The number of aryl methyl sites for hydroxylation is 1. The molecule has 1 aromatic carbocycles. The van der Waals surface area contributed by atoms with Crippen LogP contribution in [-0.2, 0) is 16.1 Å². The van der Waals surface area contributed by atoms with Crippen molar-refractivity contribution in [2.24, 2.45) is 5.41 Å². The van der Waals surface area contributed by atoms with Crippen LogP contribution in [0.2, 0.25) is 0 Å². The van der Waals surface area contributed by atoms with Gasteiger partial charge in [0.15, 0.2) is 0 Å². The van der Waals surface area contributed by atoms with Gasteiger partial charge in [-0.25, -0.2) is 4.98 Å². The van der Waals surface area contributed by atoms with E-state index < -0.39 is 11.4 Å². The van der Waals surface area contributed by atoms with Crippen molar-refractivity contribution < 1.29 is 19.4 Å². The van der Waals surface area contributed by atoms with Gasteiger partial charge in [-0.3, -0.25) is 9.59 Å². The molecule has 7 nitrogen and oxygen atoms in total. The fourth-order valence-corrected chi connectivity index (χ4v) is 2.67. The second-order valence-electron chi connectivity index (χ2n) is 7.47. The number of aliphatic carboxylic acids is 1. The number of carbonyl (C=O) groups excluding carboxylic acids is 1. The average Bonchev–Trinajstić information content (AvgIpc) is 3.16. The topological polar surface area (TPSA) is 93.5 Å². The quantitative estimate of drug-likeness (QED) is 0.538. The molecule has 0 aliphatic rings. The first kappa shape index (κ1) is 21.5. The van der Waals surface area contributed by atoms with Crippen molar-refractivity contribution in [2.45, 2.75) is 52.5 Å². The summed E-state index contributed by atoms with van der Waals surface area (Å²) in [6.07, 6.45) is 8.76. The number of hydrogen-bond donors (Lipinski definition) is 2. The van der Waals surface area contributed by atoms with Gasteiger partial charge in [0.05, 0.1) is 18.3 Å². The molecular weight excluding hydrogens is 358 g/mol. The van der Waals surface area contributed by atoms with Crippen LogP contribution in [0.15, 0.2) is 43.0 Å². The van der Waals surface area contributed by atoms with Crippen LogP contribution in [0.4, 0.5) is 5.69 Å². The van der Waals surface area contributed by atoms with Crippen molar-refractivity contribution in [2.75, 3.05) is 11.9 Å². The van der Waals surface area contributed by atoms with Gasteiger partial charge in [0.2, 0.25) is 5.91 Å². The molecule has 1 aromatic heterocycles. The Labute approximate surface area is 165 Å². The van der Waals surface area contributed by atoms with Crippen LogP contribution >= 0.6 is 0 Å². The van der Waals surface area contributed by atoms with E-state index in [1.54, 1.807) is 26.4 Å². The predicted octanol–water partition coefficient (Wildman–Crippen LogP) is 3.96. The molecule has 0 radical (unpaired) electrons. The van der Waals surface area contributed by atoms with Crippen LogP contribution in [0.5, 0.6) is 5.75 Å². The zero-order valence-corrected chi connectivity index (χ0v) is 16.6. The van der Waals surface area contributed by atoms with Crippen LogP contribution in [-0.4, -0.2) is 33.1 Å². The number of anilines is 1. The largest absolute Gasteiger partial charge is 0.494 e. The maximum absolute atomic E-state index is 12.0. The lowest BCUT2D eigenvalue weighted by Crippen LogP contribution is -2.23. The third-order valence-corrected chi connectivity index (χ3v) is 4.56. The number of unbranched alkanes of at least 4 members (excludes halogenated alkanes) is 1. The molecule has 2 N–H and O–H groups in total. The van der Waals surface area contributed by atoms with Gasteiger partial charge in [-0.1, -0.05) is 0 Å². The van der Waals surface area contributed by atoms with Gasteiger partial charge in [0.1, 0.15) is 5.75 Å². The Balaban J connectivity index is 1.62. The maximum Gasteiger partial charge on any atom is 0.309 e. The summed E-state index contributed by atoms with van der Waals surface area (Å²) in [5.74, 6) is -0.0572. The molecule has 7 heteroatoms. The molecule has 0 spiro atoms. The van der Waals surface area contributed by atoms with Gasteiger partial charge in [-0.05, 0) is 63.8 Å². The molecule has 0 saturated heterocycles. The summed E-state index contributed by atoms with van der Waals surface area (Å²) >= 11 is 0. The van der Waals surface area contributed by atoms with E-state index in [0.717, 1.165) is 37.2 Å². The van der Waals surface area contributed by atoms with E-state index in [4.69, 9.17) is 9.84 Å². The zero-order valence-electron chi connectivity index (χ0n) is 16.6. The number of carboxylic acids is 1. The van der Waals surface area contributed by atoms with Crippen molar-refractivity contribution in [3.63, 3.8) is 0 Å². The number of imidazole rings is 1. The first-order valence-electron chi connectivity index (χ1n) is 9.59. The zero-order chi connectivity index (χ0) is 20.4. The lowest BCUT2D eigenvalue weighted by molar-refractivity contribution is -0.147. The number of nitrogens with one attached hydrogen (secondary N) is 1. The molecule has 28 heavy (non-hydrogen) atoms.